The van der Waals surface area contributed by atoms with Crippen LogP contribution in [0.15, 0.2) is 47.4 Å². The molecule has 0 radical (unpaired) electrons. The van der Waals surface area contributed by atoms with Gasteiger partial charge < -0.3 is 5.32 Å². The van der Waals surface area contributed by atoms with Crippen LogP contribution in [0.5, 0.6) is 0 Å². The molecule has 7 heteroatoms. The Balaban J connectivity index is 2.22. The van der Waals surface area contributed by atoms with Crippen molar-refractivity contribution in [2.24, 2.45) is 0 Å². The molecule has 4 nitrogen and oxygen atoms in total. The second kappa shape index (κ2) is 6.91. The van der Waals surface area contributed by atoms with Crippen molar-refractivity contribution in [3.8, 4) is 0 Å². The molecule has 0 bridgehead atoms. The van der Waals surface area contributed by atoms with Gasteiger partial charge in [-0.3, -0.25) is 4.79 Å². The number of carbonyl (C=O) groups is 1. The van der Waals surface area contributed by atoms with E-state index in [-0.39, 0.29) is 22.4 Å². The van der Waals surface area contributed by atoms with Crippen LogP contribution in [0.1, 0.15) is 28.9 Å². The Labute approximate surface area is 145 Å². The molecule has 0 aliphatic rings. The van der Waals surface area contributed by atoms with E-state index in [1.165, 1.54) is 18.2 Å². The second-order valence-electron chi connectivity index (χ2n) is 5.16. The fourth-order valence-electron chi connectivity index (χ4n) is 2.08. The third-order valence-electron chi connectivity index (χ3n) is 3.30. The van der Waals surface area contributed by atoms with Crippen LogP contribution >= 0.6 is 23.2 Å². The summed E-state index contributed by atoms with van der Waals surface area (Å²) in [7, 11) is -3.37. The predicted octanol–water partition coefficient (Wildman–Crippen LogP) is 3.89. The monoisotopic (exact) mass is 371 g/mol. The van der Waals surface area contributed by atoms with E-state index in [0.29, 0.717) is 10.0 Å². The molecule has 0 aromatic heterocycles. The number of hydrogen-bond acceptors (Lipinski definition) is 3. The van der Waals surface area contributed by atoms with Crippen molar-refractivity contribution >= 4 is 38.9 Å². The Morgan fingerprint density at radius 3 is 2.43 bits per heavy atom. The fraction of sp³-hybridized carbons (Fsp3) is 0.188. The molecule has 1 N–H and O–H groups in total. The van der Waals surface area contributed by atoms with Crippen molar-refractivity contribution in [2.75, 3.05) is 6.26 Å². The Morgan fingerprint density at radius 2 is 1.83 bits per heavy atom. The number of halogens is 2. The highest BCUT2D eigenvalue weighted by atomic mass is 35.5. The predicted molar refractivity (Wildman–Crippen MR) is 91.9 cm³/mol. The summed E-state index contributed by atoms with van der Waals surface area (Å²) in [4.78, 5) is 12.4. The highest BCUT2D eigenvalue weighted by Crippen LogP contribution is 2.26. The highest BCUT2D eigenvalue weighted by molar-refractivity contribution is 7.90. The molecule has 23 heavy (non-hydrogen) atoms. The lowest BCUT2D eigenvalue weighted by molar-refractivity contribution is 0.0939. The minimum absolute atomic E-state index is 0.0994. The van der Waals surface area contributed by atoms with Crippen LogP contribution in [-0.4, -0.2) is 20.6 Å². The smallest absolute Gasteiger partial charge is 0.251 e. The summed E-state index contributed by atoms with van der Waals surface area (Å²) in [6.45, 7) is 1.79. The summed E-state index contributed by atoms with van der Waals surface area (Å²) in [5.74, 6) is -0.381. The summed E-state index contributed by atoms with van der Waals surface area (Å²) in [5.41, 5.74) is 0.994. The summed E-state index contributed by atoms with van der Waals surface area (Å²) in [6, 6.07) is 10.6. The van der Waals surface area contributed by atoms with Gasteiger partial charge in [0.2, 0.25) is 0 Å². The lowest BCUT2D eigenvalue weighted by Gasteiger charge is -2.16. The number of sulfone groups is 1. The number of amides is 1. The molecule has 0 saturated heterocycles. The van der Waals surface area contributed by atoms with Crippen LogP contribution in [0.4, 0.5) is 0 Å². The minimum Gasteiger partial charge on any atom is -0.345 e. The summed E-state index contributed by atoms with van der Waals surface area (Å²) >= 11 is 12.0. The number of carbonyl (C=O) groups excluding carboxylic acids is 1. The summed E-state index contributed by atoms with van der Waals surface area (Å²) in [6.07, 6.45) is 1.10. The normalized spacial score (nSPS) is 12.7. The van der Waals surface area contributed by atoms with Crippen LogP contribution in [0.2, 0.25) is 10.0 Å². The molecule has 0 aliphatic carbocycles. The van der Waals surface area contributed by atoms with Gasteiger partial charge >= 0.3 is 0 Å². The molecule has 122 valence electrons. The number of nitrogens with one attached hydrogen (secondary N) is 1. The quantitative estimate of drug-likeness (QED) is 0.886. The van der Waals surface area contributed by atoms with E-state index in [9.17, 15) is 13.2 Å². The number of benzene rings is 2. The molecule has 1 unspecified atom stereocenters. The molecular weight excluding hydrogens is 357 g/mol. The van der Waals surface area contributed by atoms with Gasteiger partial charge in [0.1, 0.15) is 0 Å². The molecule has 0 saturated carbocycles. The molecular formula is C16H15Cl2NO3S. The maximum atomic E-state index is 12.3. The fourth-order valence-corrected chi connectivity index (χ4v) is 3.32. The third kappa shape index (κ3) is 4.47. The maximum Gasteiger partial charge on any atom is 0.251 e. The van der Waals surface area contributed by atoms with Gasteiger partial charge in [0.15, 0.2) is 9.84 Å². The van der Waals surface area contributed by atoms with Crippen molar-refractivity contribution in [1.29, 1.82) is 0 Å². The lowest BCUT2D eigenvalue weighted by atomic mass is 10.1. The van der Waals surface area contributed by atoms with Crippen molar-refractivity contribution in [1.82, 2.24) is 5.32 Å². The first-order valence-electron chi connectivity index (χ1n) is 6.74. The first-order chi connectivity index (χ1) is 10.7. The average Bonchev–Trinajstić information content (AvgIpc) is 2.46. The zero-order valence-corrected chi connectivity index (χ0v) is 14.8. The standard InChI is InChI=1S/C16H15Cl2NO3S/c1-10(14-7-6-12(17)9-15(14)18)19-16(20)11-4-3-5-13(8-11)23(2,21)22/h3-10H,1-2H3,(H,19,20). The average molecular weight is 372 g/mol. The van der Waals surface area contributed by atoms with Crippen LogP contribution < -0.4 is 5.32 Å². The maximum absolute atomic E-state index is 12.3. The Kier molecular flexibility index (Phi) is 5.34. The van der Waals surface area contributed by atoms with Gasteiger partial charge in [-0.1, -0.05) is 35.3 Å². The Bertz CT molecular complexity index is 850. The molecule has 2 aromatic rings. The number of hydrogen-bond donors (Lipinski definition) is 1. The Morgan fingerprint density at radius 1 is 1.13 bits per heavy atom. The zero-order chi connectivity index (χ0) is 17.2. The van der Waals surface area contributed by atoms with Gasteiger partial charge in [0.25, 0.3) is 5.91 Å². The van der Waals surface area contributed by atoms with Gasteiger partial charge in [-0.25, -0.2) is 8.42 Å². The van der Waals surface area contributed by atoms with Crippen molar-refractivity contribution in [3.63, 3.8) is 0 Å². The largest absolute Gasteiger partial charge is 0.345 e. The zero-order valence-electron chi connectivity index (χ0n) is 12.5. The molecule has 2 rings (SSSR count). The summed E-state index contributed by atoms with van der Waals surface area (Å²) in [5, 5.41) is 3.76. The van der Waals surface area contributed by atoms with E-state index in [0.717, 1.165) is 11.8 Å². The SMILES string of the molecule is CC(NC(=O)c1cccc(S(C)(=O)=O)c1)c1ccc(Cl)cc1Cl. The van der Waals surface area contributed by atoms with E-state index < -0.39 is 9.84 Å². The van der Waals surface area contributed by atoms with Gasteiger partial charge in [0, 0.05) is 21.9 Å². The van der Waals surface area contributed by atoms with E-state index in [4.69, 9.17) is 23.2 Å². The van der Waals surface area contributed by atoms with Crippen LogP contribution in [-0.2, 0) is 9.84 Å². The van der Waals surface area contributed by atoms with Gasteiger partial charge in [0.05, 0.1) is 10.9 Å². The highest BCUT2D eigenvalue weighted by Gasteiger charge is 2.16. The van der Waals surface area contributed by atoms with E-state index in [1.54, 1.807) is 31.2 Å². The van der Waals surface area contributed by atoms with Gasteiger partial charge in [-0.05, 0) is 42.8 Å². The minimum atomic E-state index is -3.37. The van der Waals surface area contributed by atoms with E-state index in [1.807, 2.05) is 0 Å². The van der Waals surface area contributed by atoms with Crippen LogP contribution in [0, 0.1) is 0 Å². The molecule has 1 atom stereocenters. The van der Waals surface area contributed by atoms with Crippen molar-refractivity contribution < 1.29 is 13.2 Å². The molecule has 0 fully saturated rings. The Hall–Kier alpha value is -1.56. The van der Waals surface area contributed by atoms with Crippen LogP contribution in [0.25, 0.3) is 0 Å². The molecule has 0 heterocycles. The van der Waals surface area contributed by atoms with Gasteiger partial charge in [-0.15, -0.1) is 0 Å². The third-order valence-corrected chi connectivity index (χ3v) is 4.97. The van der Waals surface area contributed by atoms with E-state index in [2.05, 4.69) is 5.32 Å². The van der Waals surface area contributed by atoms with Crippen molar-refractivity contribution in [3.05, 3.63) is 63.6 Å². The molecule has 0 spiro atoms. The first-order valence-corrected chi connectivity index (χ1v) is 9.39. The van der Waals surface area contributed by atoms with Crippen LogP contribution in [0.3, 0.4) is 0 Å². The molecule has 0 aliphatic heterocycles. The number of rotatable bonds is 4. The van der Waals surface area contributed by atoms with Gasteiger partial charge in [-0.2, -0.15) is 0 Å². The topological polar surface area (TPSA) is 63.2 Å². The lowest BCUT2D eigenvalue weighted by Crippen LogP contribution is -2.27. The molecule has 2 aromatic carbocycles. The second-order valence-corrected chi connectivity index (χ2v) is 8.02. The van der Waals surface area contributed by atoms with Crippen molar-refractivity contribution in [2.45, 2.75) is 17.9 Å². The van der Waals surface area contributed by atoms with E-state index >= 15 is 0 Å². The summed E-state index contributed by atoms with van der Waals surface area (Å²) < 4.78 is 23.1. The molecule has 1 amide bonds. The first kappa shape index (κ1) is 17.8.